The van der Waals surface area contributed by atoms with E-state index < -0.39 is 0 Å². The van der Waals surface area contributed by atoms with Gasteiger partial charge in [0.15, 0.2) is 11.5 Å². The van der Waals surface area contributed by atoms with Crippen LogP contribution in [-0.2, 0) is 0 Å². The third-order valence-electron chi connectivity index (χ3n) is 6.56. The minimum atomic E-state index is -0.0742. The summed E-state index contributed by atoms with van der Waals surface area (Å²) in [4.78, 5) is 21.7. The van der Waals surface area contributed by atoms with Gasteiger partial charge < -0.3 is 39.1 Å². The molecule has 0 bridgehead atoms. The summed E-state index contributed by atoms with van der Waals surface area (Å²) in [5, 5.41) is 3.08. The van der Waals surface area contributed by atoms with Crippen LogP contribution in [0.25, 0.3) is 0 Å². The Hall–Kier alpha value is -3.33. The molecule has 9 heteroatoms. The molecular formula is C24H31N5O4. The number of likely N-dealkylation sites (N-methyl/N-ethyl adjacent to an activating group) is 1. The predicted molar refractivity (Wildman–Crippen MR) is 128 cm³/mol. The number of methoxy groups -OCH3 is 1. The van der Waals surface area contributed by atoms with Crippen molar-refractivity contribution in [2.24, 2.45) is 0 Å². The van der Waals surface area contributed by atoms with E-state index in [9.17, 15) is 4.79 Å². The second-order valence-corrected chi connectivity index (χ2v) is 8.62. The number of carbonyl (C=O) groups excluding carboxylic acids is 1. The highest BCUT2D eigenvalue weighted by Crippen LogP contribution is 2.36. The van der Waals surface area contributed by atoms with Gasteiger partial charge in [-0.05, 0) is 37.4 Å². The molecule has 0 unspecified atom stereocenters. The van der Waals surface area contributed by atoms with Gasteiger partial charge in [-0.25, -0.2) is 4.79 Å². The fraction of sp³-hybridized carbons (Fsp3) is 0.458. The first-order valence-electron chi connectivity index (χ1n) is 11.4. The Kier molecular flexibility index (Phi) is 6.04. The average molecular weight is 454 g/mol. The van der Waals surface area contributed by atoms with E-state index in [0.717, 1.165) is 73.6 Å². The van der Waals surface area contributed by atoms with E-state index in [0.29, 0.717) is 13.1 Å². The Bertz CT molecular complexity index is 1000. The molecule has 176 valence electrons. The molecule has 33 heavy (non-hydrogen) atoms. The highest BCUT2D eigenvalue weighted by Gasteiger charge is 2.24. The number of benzene rings is 2. The topological polar surface area (TPSA) is 69.8 Å². The monoisotopic (exact) mass is 453 g/mol. The molecule has 9 nitrogen and oxygen atoms in total. The molecule has 2 fully saturated rings. The molecule has 3 aliphatic heterocycles. The van der Waals surface area contributed by atoms with Crippen molar-refractivity contribution in [3.8, 4) is 17.2 Å². The van der Waals surface area contributed by atoms with Crippen molar-refractivity contribution in [1.82, 2.24) is 9.80 Å². The van der Waals surface area contributed by atoms with Crippen LogP contribution in [0.1, 0.15) is 0 Å². The van der Waals surface area contributed by atoms with E-state index in [-0.39, 0.29) is 12.8 Å². The van der Waals surface area contributed by atoms with Crippen molar-refractivity contribution in [2.45, 2.75) is 0 Å². The van der Waals surface area contributed by atoms with Gasteiger partial charge in [-0.15, -0.1) is 0 Å². The maximum atomic E-state index is 13.0. The molecule has 2 amide bonds. The summed E-state index contributed by atoms with van der Waals surface area (Å²) in [7, 11) is 3.82. The van der Waals surface area contributed by atoms with Crippen LogP contribution in [0, 0.1) is 0 Å². The number of rotatable bonds is 4. The van der Waals surface area contributed by atoms with Gasteiger partial charge in [0, 0.05) is 69.8 Å². The minimum Gasteiger partial charge on any atom is -0.495 e. The molecule has 2 aromatic rings. The van der Waals surface area contributed by atoms with Gasteiger partial charge in [0.1, 0.15) is 5.75 Å². The van der Waals surface area contributed by atoms with Crippen molar-refractivity contribution in [3.05, 3.63) is 36.4 Å². The van der Waals surface area contributed by atoms with Gasteiger partial charge in [-0.1, -0.05) is 0 Å². The normalized spacial score (nSPS) is 18.4. The lowest BCUT2D eigenvalue weighted by molar-refractivity contribution is 0.174. The van der Waals surface area contributed by atoms with E-state index in [2.05, 4.69) is 27.1 Å². The van der Waals surface area contributed by atoms with Crippen LogP contribution in [0.4, 0.5) is 21.9 Å². The van der Waals surface area contributed by atoms with Crippen molar-refractivity contribution < 1.29 is 19.0 Å². The molecule has 1 N–H and O–H groups in total. The van der Waals surface area contributed by atoms with Crippen LogP contribution >= 0.6 is 0 Å². The van der Waals surface area contributed by atoms with Crippen molar-refractivity contribution in [2.75, 3.05) is 88.4 Å². The Labute approximate surface area is 194 Å². The summed E-state index contributed by atoms with van der Waals surface area (Å²) in [6, 6.07) is 11.8. The molecule has 0 aromatic heterocycles. The van der Waals surface area contributed by atoms with Gasteiger partial charge in [0.25, 0.3) is 0 Å². The second-order valence-electron chi connectivity index (χ2n) is 8.62. The predicted octanol–water partition coefficient (Wildman–Crippen LogP) is 2.53. The molecule has 2 saturated heterocycles. The Morgan fingerprint density at radius 3 is 2.36 bits per heavy atom. The van der Waals surface area contributed by atoms with Crippen LogP contribution in [-0.4, -0.2) is 89.1 Å². The van der Waals surface area contributed by atoms with E-state index in [1.807, 2.05) is 41.3 Å². The fourth-order valence-corrected chi connectivity index (χ4v) is 4.51. The minimum absolute atomic E-state index is 0.0742. The second kappa shape index (κ2) is 9.27. The lowest BCUT2D eigenvalue weighted by atomic mass is 10.2. The Morgan fingerprint density at radius 1 is 0.879 bits per heavy atom. The standard InChI is InChI=1S/C24H31N5O4/c1-26-7-9-28(10-8-26)20-15-18(3-5-21(20)31-2)25-24(30)29-13-11-27(12-14-29)19-4-6-22-23(16-19)33-17-32-22/h3-6,15-16H,7-14,17H2,1-2H3,(H,25,30). The zero-order chi connectivity index (χ0) is 22.8. The average Bonchev–Trinajstić information content (AvgIpc) is 3.32. The number of amides is 2. The molecule has 3 heterocycles. The molecule has 0 radical (unpaired) electrons. The Morgan fingerprint density at radius 2 is 1.61 bits per heavy atom. The zero-order valence-corrected chi connectivity index (χ0v) is 19.2. The first-order valence-corrected chi connectivity index (χ1v) is 11.4. The molecule has 3 aliphatic rings. The van der Waals surface area contributed by atoms with E-state index in [1.54, 1.807) is 7.11 Å². The number of hydrogen-bond donors (Lipinski definition) is 1. The van der Waals surface area contributed by atoms with Crippen LogP contribution < -0.4 is 29.3 Å². The molecule has 0 aliphatic carbocycles. The third-order valence-corrected chi connectivity index (χ3v) is 6.56. The van der Waals surface area contributed by atoms with Gasteiger partial charge in [0.2, 0.25) is 6.79 Å². The molecule has 2 aromatic carbocycles. The molecule has 5 rings (SSSR count). The van der Waals surface area contributed by atoms with Crippen LogP contribution in [0.2, 0.25) is 0 Å². The van der Waals surface area contributed by atoms with Gasteiger partial charge in [-0.3, -0.25) is 0 Å². The number of carbonyl (C=O) groups is 1. The number of nitrogens with zero attached hydrogens (tertiary/aromatic N) is 4. The van der Waals surface area contributed by atoms with Crippen LogP contribution in [0.3, 0.4) is 0 Å². The SMILES string of the molecule is COc1ccc(NC(=O)N2CCN(c3ccc4c(c3)OCO4)CC2)cc1N1CCN(C)CC1. The lowest BCUT2D eigenvalue weighted by Crippen LogP contribution is -2.50. The third kappa shape index (κ3) is 4.59. The molecule has 0 spiro atoms. The summed E-state index contributed by atoms with van der Waals surface area (Å²) in [6.07, 6.45) is 0. The van der Waals surface area contributed by atoms with Crippen molar-refractivity contribution in [3.63, 3.8) is 0 Å². The first-order chi connectivity index (χ1) is 16.1. The maximum Gasteiger partial charge on any atom is 0.321 e. The quantitative estimate of drug-likeness (QED) is 0.763. The number of anilines is 3. The highest BCUT2D eigenvalue weighted by molar-refractivity contribution is 5.90. The van der Waals surface area contributed by atoms with Crippen LogP contribution in [0.15, 0.2) is 36.4 Å². The van der Waals surface area contributed by atoms with Crippen molar-refractivity contribution >= 4 is 23.1 Å². The number of ether oxygens (including phenoxy) is 3. The molecule has 0 atom stereocenters. The van der Waals surface area contributed by atoms with E-state index >= 15 is 0 Å². The number of urea groups is 1. The summed E-state index contributed by atoms with van der Waals surface area (Å²) in [6.45, 7) is 7.00. The number of piperazine rings is 2. The highest BCUT2D eigenvalue weighted by atomic mass is 16.7. The number of hydrogen-bond acceptors (Lipinski definition) is 7. The lowest BCUT2D eigenvalue weighted by Gasteiger charge is -2.36. The summed E-state index contributed by atoms with van der Waals surface area (Å²) in [5.41, 5.74) is 2.90. The van der Waals surface area contributed by atoms with Gasteiger partial charge in [-0.2, -0.15) is 0 Å². The smallest absolute Gasteiger partial charge is 0.321 e. The maximum absolute atomic E-state index is 13.0. The number of fused-ring (bicyclic) bond motifs is 1. The molecule has 0 saturated carbocycles. The van der Waals surface area contributed by atoms with Gasteiger partial charge >= 0.3 is 6.03 Å². The summed E-state index contributed by atoms with van der Waals surface area (Å²) >= 11 is 0. The first kappa shape index (κ1) is 21.5. The zero-order valence-electron chi connectivity index (χ0n) is 19.2. The number of nitrogens with one attached hydrogen (secondary N) is 1. The summed E-state index contributed by atoms with van der Waals surface area (Å²) in [5.74, 6) is 2.39. The largest absolute Gasteiger partial charge is 0.495 e. The van der Waals surface area contributed by atoms with E-state index in [1.165, 1.54) is 0 Å². The van der Waals surface area contributed by atoms with E-state index in [4.69, 9.17) is 14.2 Å². The fourth-order valence-electron chi connectivity index (χ4n) is 4.51. The summed E-state index contributed by atoms with van der Waals surface area (Å²) < 4.78 is 16.5. The Balaban J connectivity index is 1.20. The van der Waals surface area contributed by atoms with Crippen molar-refractivity contribution in [1.29, 1.82) is 0 Å². The van der Waals surface area contributed by atoms with Crippen LogP contribution in [0.5, 0.6) is 17.2 Å². The van der Waals surface area contributed by atoms with Gasteiger partial charge in [0.05, 0.1) is 12.8 Å². The molecular weight excluding hydrogens is 422 g/mol.